The first-order chi connectivity index (χ1) is 13.1. The van der Waals surface area contributed by atoms with Crippen LogP contribution in [0.25, 0.3) is 11.1 Å². The van der Waals surface area contributed by atoms with Crippen LogP contribution in [0.5, 0.6) is 0 Å². The number of hydrogen-bond donors (Lipinski definition) is 0. The molecule has 0 bridgehead atoms. The van der Waals surface area contributed by atoms with Gasteiger partial charge in [-0.05, 0) is 79.7 Å². The summed E-state index contributed by atoms with van der Waals surface area (Å²) in [5, 5.41) is 0. The second-order valence-corrected chi connectivity index (χ2v) is 7.43. The lowest BCUT2D eigenvalue weighted by molar-refractivity contribution is 0.134. The summed E-state index contributed by atoms with van der Waals surface area (Å²) in [4.78, 5) is 0. The summed E-state index contributed by atoms with van der Waals surface area (Å²) in [5.74, 6) is -0.251. The minimum Gasteiger partial charge on any atom is -0.377 e. The summed E-state index contributed by atoms with van der Waals surface area (Å²) in [6.45, 7) is 6.95. The predicted molar refractivity (Wildman–Crippen MR) is 107 cm³/mol. The minimum atomic E-state index is -0.421. The highest BCUT2D eigenvalue weighted by molar-refractivity contribution is 5.64. The third-order valence-electron chi connectivity index (χ3n) is 5.59. The topological polar surface area (TPSA) is 9.23 Å². The summed E-state index contributed by atoms with van der Waals surface area (Å²) in [6.07, 6.45) is 6.66. The molecule has 2 aromatic rings. The number of allylic oxidation sites excluding steroid dienone is 1. The average Bonchev–Trinajstić information content (AvgIpc) is 2.68. The molecule has 0 saturated heterocycles. The van der Waals surface area contributed by atoms with Gasteiger partial charge in [-0.15, -0.1) is 6.58 Å². The molecule has 27 heavy (non-hydrogen) atoms. The standard InChI is InChI=1S/C24H28F2O/c1-3-5-17-6-12-20(13-7-17)24-22(25)14-21(15-23(24)26)19-10-8-18(9-11-19)16-27-4-2/h3,8-11,14-15,17,20H,1,4-7,12-13,16H2,2H3/t17-,20-. The van der Waals surface area contributed by atoms with Crippen molar-refractivity contribution in [3.05, 3.63) is 71.8 Å². The zero-order valence-corrected chi connectivity index (χ0v) is 16.0. The molecule has 0 heterocycles. The van der Waals surface area contributed by atoms with E-state index in [-0.39, 0.29) is 11.5 Å². The van der Waals surface area contributed by atoms with Crippen LogP contribution in [0, 0.1) is 17.6 Å². The van der Waals surface area contributed by atoms with Crippen LogP contribution in [0.4, 0.5) is 8.78 Å². The van der Waals surface area contributed by atoms with Crippen molar-refractivity contribution < 1.29 is 13.5 Å². The molecule has 1 aliphatic carbocycles. The highest BCUT2D eigenvalue weighted by Gasteiger charge is 2.26. The van der Waals surface area contributed by atoms with Gasteiger partial charge in [0.25, 0.3) is 0 Å². The molecule has 3 rings (SSSR count). The van der Waals surface area contributed by atoms with Crippen molar-refractivity contribution in [2.75, 3.05) is 6.61 Å². The summed E-state index contributed by atoms with van der Waals surface area (Å²) in [6, 6.07) is 10.6. The molecule has 2 aromatic carbocycles. The average molecular weight is 370 g/mol. The Hall–Kier alpha value is -2.00. The number of halogens is 2. The van der Waals surface area contributed by atoms with Crippen LogP contribution >= 0.6 is 0 Å². The maximum absolute atomic E-state index is 14.8. The fraction of sp³-hybridized carbons (Fsp3) is 0.417. The lowest BCUT2D eigenvalue weighted by atomic mass is 9.77. The van der Waals surface area contributed by atoms with Crippen LogP contribution in [0.1, 0.15) is 56.1 Å². The molecule has 1 saturated carbocycles. The van der Waals surface area contributed by atoms with Crippen LogP contribution in [-0.2, 0) is 11.3 Å². The van der Waals surface area contributed by atoms with Crippen LogP contribution in [0.2, 0.25) is 0 Å². The molecule has 3 heteroatoms. The number of hydrogen-bond acceptors (Lipinski definition) is 1. The Morgan fingerprint density at radius 1 is 1.00 bits per heavy atom. The van der Waals surface area contributed by atoms with E-state index in [1.807, 2.05) is 37.3 Å². The van der Waals surface area contributed by atoms with Gasteiger partial charge in [-0.2, -0.15) is 0 Å². The lowest BCUT2D eigenvalue weighted by Gasteiger charge is -2.28. The van der Waals surface area contributed by atoms with Crippen LogP contribution in [-0.4, -0.2) is 6.61 Å². The van der Waals surface area contributed by atoms with Gasteiger partial charge < -0.3 is 4.74 Å². The first-order valence-corrected chi connectivity index (χ1v) is 9.89. The Morgan fingerprint density at radius 3 is 2.19 bits per heavy atom. The second kappa shape index (κ2) is 9.27. The van der Waals surface area contributed by atoms with Gasteiger partial charge >= 0.3 is 0 Å². The van der Waals surface area contributed by atoms with E-state index < -0.39 is 11.6 Å². The summed E-state index contributed by atoms with van der Waals surface area (Å²) >= 11 is 0. The van der Waals surface area contributed by atoms with Gasteiger partial charge in [-0.3, -0.25) is 0 Å². The Kier molecular flexibility index (Phi) is 6.78. The number of ether oxygens (including phenoxy) is 1. The smallest absolute Gasteiger partial charge is 0.130 e. The first-order valence-electron chi connectivity index (χ1n) is 9.89. The number of benzene rings is 2. The van der Waals surface area contributed by atoms with E-state index in [0.717, 1.165) is 43.2 Å². The predicted octanol–water partition coefficient (Wildman–Crippen LogP) is 7.02. The van der Waals surface area contributed by atoms with Gasteiger partial charge in [0.05, 0.1) is 6.61 Å². The van der Waals surface area contributed by atoms with Gasteiger partial charge in [-0.1, -0.05) is 30.3 Å². The molecular formula is C24H28F2O. The largest absolute Gasteiger partial charge is 0.377 e. The molecule has 0 N–H and O–H groups in total. The summed E-state index contributed by atoms with van der Waals surface area (Å²) < 4.78 is 35.0. The zero-order chi connectivity index (χ0) is 19.2. The SMILES string of the molecule is C=CC[C@H]1CC[C@H](c2c(F)cc(-c3ccc(COCC)cc3)cc2F)CC1. The van der Waals surface area contributed by atoms with E-state index in [9.17, 15) is 8.78 Å². The Labute approximate surface area is 161 Å². The van der Waals surface area contributed by atoms with Crippen molar-refractivity contribution in [3.63, 3.8) is 0 Å². The van der Waals surface area contributed by atoms with E-state index in [1.54, 1.807) is 0 Å². The highest BCUT2D eigenvalue weighted by Crippen LogP contribution is 2.40. The normalized spacial score (nSPS) is 19.8. The van der Waals surface area contributed by atoms with Gasteiger partial charge in [0.2, 0.25) is 0 Å². The van der Waals surface area contributed by atoms with E-state index in [4.69, 9.17) is 4.74 Å². The maximum Gasteiger partial charge on any atom is 0.130 e. The fourth-order valence-corrected chi connectivity index (χ4v) is 4.08. The number of rotatable bonds is 7. The Morgan fingerprint density at radius 2 is 1.63 bits per heavy atom. The fourth-order valence-electron chi connectivity index (χ4n) is 4.08. The molecule has 0 spiro atoms. The molecule has 0 radical (unpaired) electrons. The van der Waals surface area contributed by atoms with Gasteiger partial charge in [0.15, 0.2) is 0 Å². The monoisotopic (exact) mass is 370 g/mol. The van der Waals surface area contributed by atoms with Crippen LogP contribution in [0.3, 0.4) is 0 Å². The van der Waals surface area contributed by atoms with E-state index >= 15 is 0 Å². The summed E-state index contributed by atoms with van der Waals surface area (Å²) in [5.41, 5.74) is 2.71. The van der Waals surface area contributed by atoms with Crippen molar-refractivity contribution >= 4 is 0 Å². The zero-order valence-electron chi connectivity index (χ0n) is 16.0. The molecule has 0 aliphatic heterocycles. The Bertz CT molecular complexity index is 735. The van der Waals surface area contributed by atoms with Crippen molar-refractivity contribution in [2.24, 2.45) is 5.92 Å². The lowest BCUT2D eigenvalue weighted by Crippen LogP contribution is -2.15. The Balaban J connectivity index is 1.76. The second-order valence-electron chi connectivity index (χ2n) is 7.43. The molecule has 0 aromatic heterocycles. The van der Waals surface area contributed by atoms with Gasteiger partial charge in [0, 0.05) is 12.2 Å². The molecule has 1 aliphatic rings. The third-order valence-corrected chi connectivity index (χ3v) is 5.59. The molecular weight excluding hydrogens is 342 g/mol. The van der Waals surface area contributed by atoms with E-state index in [0.29, 0.717) is 24.7 Å². The molecule has 144 valence electrons. The third kappa shape index (κ3) is 4.84. The van der Waals surface area contributed by atoms with Crippen molar-refractivity contribution in [3.8, 4) is 11.1 Å². The van der Waals surface area contributed by atoms with Crippen LogP contribution < -0.4 is 0 Å². The quantitative estimate of drug-likeness (QED) is 0.476. The molecule has 0 atom stereocenters. The molecule has 0 amide bonds. The van der Waals surface area contributed by atoms with E-state index in [1.165, 1.54) is 12.1 Å². The maximum atomic E-state index is 14.8. The van der Waals surface area contributed by atoms with Gasteiger partial charge in [-0.25, -0.2) is 8.78 Å². The van der Waals surface area contributed by atoms with Crippen molar-refractivity contribution in [2.45, 2.75) is 51.6 Å². The molecule has 1 fully saturated rings. The van der Waals surface area contributed by atoms with E-state index in [2.05, 4.69) is 6.58 Å². The minimum absolute atomic E-state index is 0.0197. The highest BCUT2D eigenvalue weighted by atomic mass is 19.1. The van der Waals surface area contributed by atoms with Crippen molar-refractivity contribution in [1.29, 1.82) is 0 Å². The van der Waals surface area contributed by atoms with Crippen molar-refractivity contribution in [1.82, 2.24) is 0 Å². The molecule has 0 unspecified atom stereocenters. The summed E-state index contributed by atoms with van der Waals surface area (Å²) in [7, 11) is 0. The van der Waals surface area contributed by atoms with Crippen LogP contribution in [0.15, 0.2) is 49.1 Å². The van der Waals surface area contributed by atoms with Gasteiger partial charge in [0.1, 0.15) is 11.6 Å². The first kappa shape index (κ1) is 19.8. The molecule has 1 nitrogen and oxygen atoms in total.